The number of furan rings is 1. The third-order valence-corrected chi connectivity index (χ3v) is 5.16. The van der Waals surface area contributed by atoms with Crippen molar-refractivity contribution in [1.82, 2.24) is 0 Å². The minimum absolute atomic E-state index is 0.183. The van der Waals surface area contributed by atoms with Crippen molar-refractivity contribution in [3.8, 4) is 0 Å². The molecule has 5 heteroatoms. The average molecular weight is 337 g/mol. The van der Waals surface area contributed by atoms with E-state index >= 15 is 0 Å². The van der Waals surface area contributed by atoms with Gasteiger partial charge in [-0.05, 0) is 50.1 Å². The number of halogens is 2. The summed E-state index contributed by atoms with van der Waals surface area (Å²) in [4.78, 5) is 1.07. The monoisotopic (exact) mass is 335 g/mol. The molecule has 0 spiro atoms. The quantitative estimate of drug-likeness (QED) is 0.902. The highest BCUT2D eigenvalue weighted by Crippen LogP contribution is 2.36. The fraction of sp³-hybridized carbons (Fsp3) is 0.111. The third kappa shape index (κ3) is 1.95. The molecule has 0 aliphatic carbocycles. The molecule has 2 rings (SSSR count). The fourth-order valence-electron chi connectivity index (χ4n) is 1.13. The van der Waals surface area contributed by atoms with Crippen LogP contribution in [-0.4, -0.2) is 0 Å². The smallest absolute Gasteiger partial charge is 0.125 e. The first-order chi connectivity index (χ1) is 6.68. The first kappa shape index (κ1) is 10.4. The summed E-state index contributed by atoms with van der Waals surface area (Å²) < 4.78 is 7.33. The number of nitrogens with two attached hydrogens (primary N) is 1. The molecular formula is C9H7Br2NOS. The van der Waals surface area contributed by atoms with Crippen LogP contribution in [0, 0.1) is 0 Å². The largest absolute Gasteiger partial charge is 0.467 e. The topological polar surface area (TPSA) is 39.2 Å². The minimum Gasteiger partial charge on any atom is -0.467 e. The maximum Gasteiger partial charge on any atom is 0.125 e. The highest BCUT2D eigenvalue weighted by atomic mass is 79.9. The summed E-state index contributed by atoms with van der Waals surface area (Å²) in [6.07, 6.45) is 1.63. The van der Waals surface area contributed by atoms with Crippen molar-refractivity contribution in [1.29, 1.82) is 0 Å². The van der Waals surface area contributed by atoms with Gasteiger partial charge in [0, 0.05) is 9.35 Å². The van der Waals surface area contributed by atoms with Crippen LogP contribution >= 0.6 is 43.2 Å². The second-order valence-electron chi connectivity index (χ2n) is 2.76. The van der Waals surface area contributed by atoms with Crippen LogP contribution < -0.4 is 5.73 Å². The molecule has 74 valence electrons. The normalized spacial score (nSPS) is 13.1. The van der Waals surface area contributed by atoms with Crippen molar-refractivity contribution in [2.45, 2.75) is 6.04 Å². The number of hydrogen-bond donors (Lipinski definition) is 1. The summed E-state index contributed by atoms with van der Waals surface area (Å²) in [5.41, 5.74) is 6.02. The lowest BCUT2D eigenvalue weighted by atomic mass is 10.2. The Kier molecular flexibility index (Phi) is 3.11. The fourth-order valence-corrected chi connectivity index (χ4v) is 3.22. The van der Waals surface area contributed by atoms with Crippen molar-refractivity contribution in [3.05, 3.63) is 43.4 Å². The molecule has 0 fully saturated rings. The predicted molar refractivity (Wildman–Crippen MR) is 64.5 cm³/mol. The lowest BCUT2D eigenvalue weighted by Gasteiger charge is -2.04. The van der Waals surface area contributed by atoms with Crippen LogP contribution in [0.1, 0.15) is 16.7 Å². The molecule has 0 radical (unpaired) electrons. The van der Waals surface area contributed by atoms with Gasteiger partial charge in [-0.3, -0.25) is 0 Å². The lowest BCUT2D eigenvalue weighted by Crippen LogP contribution is -2.08. The van der Waals surface area contributed by atoms with Crippen LogP contribution in [0.2, 0.25) is 0 Å². The van der Waals surface area contributed by atoms with Gasteiger partial charge in [0.25, 0.3) is 0 Å². The molecule has 2 aromatic heterocycles. The van der Waals surface area contributed by atoms with Gasteiger partial charge < -0.3 is 10.2 Å². The van der Waals surface area contributed by atoms with Gasteiger partial charge in [-0.1, -0.05) is 0 Å². The van der Waals surface area contributed by atoms with Gasteiger partial charge in [0.1, 0.15) is 5.76 Å². The molecule has 0 saturated heterocycles. The SMILES string of the molecule is NC(c1ccco1)c1cc(Br)c(Br)s1. The Morgan fingerprint density at radius 1 is 1.43 bits per heavy atom. The number of rotatable bonds is 2. The van der Waals surface area contributed by atoms with Crippen LogP contribution in [0.5, 0.6) is 0 Å². The Labute approximate surface area is 102 Å². The van der Waals surface area contributed by atoms with Gasteiger partial charge in [0.05, 0.1) is 16.1 Å². The summed E-state index contributed by atoms with van der Waals surface area (Å²) in [5.74, 6) is 0.784. The molecular weight excluding hydrogens is 330 g/mol. The van der Waals surface area contributed by atoms with Crippen molar-refractivity contribution in [2.75, 3.05) is 0 Å². The van der Waals surface area contributed by atoms with Gasteiger partial charge in [-0.2, -0.15) is 0 Å². The zero-order valence-corrected chi connectivity index (χ0v) is 11.0. The Balaban J connectivity index is 2.32. The number of hydrogen-bond acceptors (Lipinski definition) is 3. The van der Waals surface area contributed by atoms with E-state index in [1.54, 1.807) is 17.6 Å². The Bertz CT molecular complexity index is 404. The van der Waals surface area contributed by atoms with E-state index in [2.05, 4.69) is 31.9 Å². The van der Waals surface area contributed by atoms with Gasteiger partial charge in [-0.25, -0.2) is 0 Å². The summed E-state index contributed by atoms with van der Waals surface area (Å²) in [6, 6.07) is 5.54. The summed E-state index contributed by atoms with van der Waals surface area (Å²) in [5, 5.41) is 0. The molecule has 0 bridgehead atoms. The minimum atomic E-state index is -0.183. The second-order valence-corrected chi connectivity index (χ2v) is 6.02. The summed E-state index contributed by atoms with van der Waals surface area (Å²) in [6.45, 7) is 0. The molecule has 2 N–H and O–H groups in total. The van der Waals surface area contributed by atoms with E-state index in [1.165, 1.54) is 0 Å². The van der Waals surface area contributed by atoms with E-state index in [4.69, 9.17) is 10.2 Å². The third-order valence-electron chi connectivity index (χ3n) is 1.82. The molecule has 14 heavy (non-hydrogen) atoms. The molecule has 2 heterocycles. The van der Waals surface area contributed by atoms with Crippen molar-refractivity contribution < 1.29 is 4.42 Å². The van der Waals surface area contributed by atoms with E-state index in [0.29, 0.717) is 0 Å². The van der Waals surface area contributed by atoms with Crippen LogP contribution in [0.3, 0.4) is 0 Å². The maximum atomic E-state index is 6.02. The number of thiophene rings is 1. The van der Waals surface area contributed by atoms with Crippen molar-refractivity contribution in [3.63, 3.8) is 0 Å². The van der Waals surface area contributed by atoms with E-state index in [9.17, 15) is 0 Å². The van der Waals surface area contributed by atoms with E-state index in [-0.39, 0.29) is 6.04 Å². The Hall–Kier alpha value is -0.1000. The van der Waals surface area contributed by atoms with Crippen LogP contribution in [-0.2, 0) is 0 Å². The van der Waals surface area contributed by atoms with Crippen molar-refractivity contribution >= 4 is 43.2 Å². The molecule has 1 atom stereocenters. The highest BCUT2D eigenvalue weighted by molar-refractivity contribution is 9.13. The molecule has 2 aromatic rings. The van der Waals surface area contributed by atoms with E-state index in [1.807, 2.05) is 18.2 Å². The van der Waals surface area contributed by atoms with Crippen LogP contribution in [0.25, 0.3) is 0 Å². The molecule has 0 aromatic carbocycles. The Morgan fingerprint density at radius 2 is 2.21 bits per heavy atom. The van der Waals surface area contributed by atoms with Crippen LogP contribution in [0.15, 0.2) is 37.1 Å². The predicted octanol–water partition coefficient (Wildman–Crippen LogP) is 3.91. The first-order valence-electron chi connectivity index (χ1n) is 3.92. The summed E-state index contributed by atoms with van der Waals surface area (Å²) >= 11 is 8.46. The zero-order chi connectivity index (χ0) is 10.1. The molecule has 2 nitrogen and oxygen atoms in total. The first-order valence-corrected chi connectivity index (χ1v) is 6.32. The van der Waals surface area contributed by atoms with E-state index in [0.717, 1.165) is 18.9 Å². The Morgan fingerprint density at radius 3 is 2.71 bits per heavy atom. The van der Waals surface area contributed by atoms with Gasteiger partial charge >= 0.3 is 0 Å². The molecule has 0 aliphatic rings. The maximum absolute atomic E-state index is 6.02. The van der Waals surface area contributed by atoms with E-state index < -0.39 is 0 Å². The van der Waals surface area contributed by atoms with Gasteiger partial charge in [-0.15, -0.1) is 11.3 Å². The summed E-state index contributed by atoms with van der Waals surface area (Å²) in [7, 11) is 0. The lowest BCUT2D eigenvalue weighted by molar-refractivity contribution is 0.492. The van der Waals surface area contributed by atoms with Crippen molar-refractivity contribution in [2.24, 2.45) is 5.73 Å². The highest BCUT2D eigenvalue weighted by Gasteiger charge is 2.15. The molecule has 0 saturated carbocycles. The van der Waals surface area contributed by atoms with Crippen LogP contribution in [0.4, 0.5) is 0 Å². The molecule has 0 amide bonds. The second kappa shape index (κ2) is 4.18. The van der Waals surface area contributed by atoms with Gasteiger partial charge in [0.15, 0.2) is 0 Å². The zero-order valence-electron chi connectivity index (χ0n) is 7.04. The average Bonchev–Trinajstić information content (AvgIpc) is 2.76. The standard InChI is InChI=1S/C9H7Br2NOS/c10-5-4-7(14-9(5)11)8(12)6-2-1-3-13-6/h1-4,8H,12H2. The van der Waals surface area contributed by atoms with Gasteiger partial charge in [0.2, 0.25) is 0 Å². The molecule has 1 unspecified atom stereocenters. The molecule has 0 aliphatic heterocycles.